The SMILES string of the molecule is Cc1nn(C)c2c1nc(C(C)Cl)n2C(C)(C)C(N)=O. The Morgan fingerprint density at radius 2 is 2.05 bits per heavy atom. The maximum absolute atomic E-state index is 11.8. The summed E-state index contributed by atoms with van der Waals surface area (Å²) in [6.45, 7) is 7.20. The van der Waals surface area contributed by atoms with Gasteiger partial charge in [-0.3, -0.25) is 14.0 Å². The van der Waals surface area contributed by atoms with E-state index in [4.69, 9.17) is 17.3 Å². The second-order valence-electron chi connectivity index (χ2n) is 5.23. The van der Waals surface area contributed by atoms with Crippen molar-refractivity contribution in [2.75, 3.05) is 0 Å². The fourth-order valence-electron chi connectivity index (χ4n) is 2.22. The Kier molecular flexibility index (Phi) is 3.09. The fraction of sp³-hybridized carbons (Fsp3) is 0.583. The average molecular weight is 284 g/mol. The van der Waals surface area contributed by atoms with Crippen LogP contribution in [0.15, 0.2) is 0 Å². The lowest BCUT2D eigenvalue weighted by Gasteiger charge is -2.26. The Balaban J connectivity index is 2.90. The molecule has 2 heterocycles. The number of hydrogen-bond donors (Lipinski definition) is 1. The summed E-state index contributed by atoms with van der Waals surface area (Å²) in [7, 11) is 1.81. The molecule has 0 radical (unpaired) electrons. The zero-order valence-corrected chi connectivity index (χ0v) is 12.5. The number of fused-ring (bicyclic) bond motifs is 1. The number of carbonyl (C=O) groups is 1. The van der Waals surface area contributed by atoms with Gasteiger partial charge in [-0.1, -0.05) is 0 Å². The summed E-state index contributed by atoms with van der Waals surface area (Å²) in [4.78, 5) is 16.3. The molecule has 6 nitrogen and oxygen atoms in total. The Hall–Kier alpha value is -1.56. The molecule has 0 saturated heterocycles. The minimum Gasteiger partial charge on any atom is -0.368 e. The number of aromatic nitrogens is 4. The average Bonchev–Trinajstić information content (AvgIpc) is 2.78. The van der Waals surface area contributed by atoms with E-state index in [9.17, 15) is 4.79 Å². The minimum atomic E-state index is -0.923. The first-order valence-corrected chi connectivity index (χ1v) is 6.48. The van der Waals surface area contributed by atoms with Crippen molar-refractivity contribution in [3.05, 3.63) is 11.5 Å². The molecule has 0 aliphatic rings. The monoisotopic (exact) mass is 283 g/mol. The van der Waals surface area contributed by atoms with Gasteiger partial charge in [0.1, 0.15) is 16.9 Å². The number of carbonyl (C=O) groups excluding carboxylic acids is 1. The Labute approximate surface area is 116 Å². The summed E-state index contributed by atoms with van der Waals surface area (Å²) in [5, 5.41) is 3.99. The van der Waals surface area contributed by atoms with Crippen molar-refractivity contribution < 1.29 is 4.79 Å². The molecular formula is C12H18ClN5O. The van der Waals surface area contributed by atoms with Crippen LogP contribution in [0.1, 0.15) is 37.7 Å². The molecule has 0 bridgehead atoms. The molecule has 2 rings (SSSR count). The van der Waals surface area contributed by atoms with Gasteiger partial charge in [0, 0.05) is 7.05 Å². The molecule has 0 aromatic carbocycles. The summed E-state index contributed by atoms with van der Waals surface area (Å²) in [6, 6.07) is 0. The zero-order valence-electron chi connectivity index (χ0n) is 11.7. The van der Waals surface area contributed by atoms with Gasteiger partial charge in [-0.2, -0.15) is 5.10 Å². The second-order valence-corrected chi connectivity index (χ2v) is 5.88. The van der Waals surface area contributed by atoms with Gasteiger partial charge in [0.2, 0.25) is 5.91 Å². The standard InChI is InChI=1S/C12H18ClN5O/c1-6(13)9-15-8-7(2)16-17(5)10(8)18(9)12(3,4)11(14)19/h6H,1-5H3,(H2,14,19). The molecule has 0 aliphatic carbocycles. The summed E-state index contributed by atoms with van der Waals surface area (Å²) in [5.74, 6) is 0.181. The molecule has 1 unspecified atom stereocenters. The third-order valence-electron chi connectivity index (χ3n) is 3.35. The largest absolute Gasteiger partial charge is 0.368 e. The molecule has 2 aromatic heterocycles. The first-order valence-electron chi connectivity index (χ1n) is 6.04. The third kappa shape index (κ3) is 1.90. The molecular weight excluding hydrogens is 266 g/mol. The van der Waals surface area contributed by atoms with Crippen molar-refractivity contribution in [3.8, 4) is 0 Å². The van der Waals surface area contributed by atoms with Crippen LogP contribution < -0.4 is 5.73 Å². The lowest BCUT2D eigenvalue weighted by molar-refractivity contribution is -0.125. The zero-order chi connectivity index (χ0) is 14.5. The summed E-state index contributed by atoms with van der Waals surface area (Å²) >= 11 is 6.19. The number of halogens is 1. The van der Waals surface area contributed by atoms with Crippen LogP contribution in [0.2, 0.25) is 0 Å². The van der Waals surface area contributed by atoms with Crippen molar-refractivity contribution in [2.24, 2.45) is 12.8 Å². The molecule has 0 fully saturated rings. The van der Waals surface area contributed by atoms with Crippen LogP contribution in [0.4, 0.5) is 0 Å². The van der Waals surface area contributed by atoms with Crippen molar-refractivity contribution in [1.82, 2.24) is 19.3 Å². The molecule has 7 heteroatoms. The van der Waals surface area contributed by atoms with Crippen LogP contribution >= 0.6 is 11.6 Å². The molecule has 2 N–H and O–H groups in total. The maximum atomic E-state index is 11.8. The number of rotatable bonds is 3. The van der Waals surface area contributed by atoms with Gasteiger partial charge in [-0.15, -0.1) is 11.6 Å². The highest BCUT2D eigenvalue weighted by Crippen LogP contribution is 2.31. The minimum absolute atomic E-state index is 0.328. The van der Waals surface area contributed by atoms with Gasteiger partial charge in [-0.05, 0) is 27.7 Å². The summed E-state index contributed by atoms with van der Waals surface area (Å²) in [6.07, 6.45) is 0. The molecule has 0 spiro atoms. The van der Waals surface area contributed by atoms with E-state index in [0.29, 0.717) is 5.82 Å². The molecule has 19 heavy (non-hydrogen) atoms. The van der Waals surface area contributed by atoms with Gasteiger partial charge in [0.15, 0.2) is 5.65 Å². The number of primary amides is 1. The molecule has 0 aliphatic heterocycles. The van der Waals surface area contributed by atoms with Crippen molar-refractivity contribution in [2.45, 2.75) is 38.6 Å². The van der Waals surface area contributed by atoms with Crippen LogP contribution in [0.25, 0.3) is 11.2 Å². The number of nitrogens with zero attached hydrogens (tertiary/aromatic N) is 4. The number of imidazole rings is 1. The lowest BCUT2D eigenvalue weighted by atomic mass is 10.0. The van der Waals surface area contributed by atoms with Gasteiger partial charge in [0.05, 0.1) is 11.1 Å². The Morgan fingerprint density at radius 3 is 2.53 bits per heavy atom. The van der Waals surface area contributed by atoms with Crippen molar-refractivity contribution >= 4 is 28.7 Å². The number of aryl methyl sites for hydroxylation is 2. The summed E-state index contributed by atoms with van der Waals surface area (Å²) in [5.41, 5.74) is 6.90. The maximum Gasteiger partial charge on any atom is 0.243 e. The van der Waals surface area contributed by atoms with Crippen LogP contribution in [0.3, 0.4) is 0 Å². The van der Waals surface area contributed by atoms with Gasteiger partial charge in [-0.25, -0.2) is 4.98 Å². The highest BCUT2D eigenvalue weighted by atomic mass is 35.5. The number of alkyl halides is 1. The van der Waals surface area contributed by atoms with E-state index in [1.165, 1.54) is 0 Å². The molecule has 1 amide bonds. The number of nitrogens with two attached hydrogens (primary N) is 1. The highest BCUT2D eigenvalue weighted by molar-refractivity contribution is 6.20. The highest BCUT2D eigenvalue weighted by Gasteiger charge is 2.34. The van der Waals surface area contributed by atoms with Gasteiger partial charge in [0.25, 0.3) is 0 Å². The van der Waals surface area contributed by atoms with E-state index < -0.39 is 11.4 Å². The first-order chi connectivity index (χ1) is 8.67. The predicted molar refractivity (Wildman–Crippen MR) is 74.0 cm³/mol. The summed E-state index contributed by atoms with van der Waals surface area (Å²) < 4.78 is 3.48. The molecule has 0 saturated carbocycles. The second kappa shape index (κ2) is 4.23. The van der Waals surface area contributed by atoms with E-state index in [-0.39, 0.29) is 5.38 Å². The van der Waals surface area contributed by atoms with Crippen LogP contribution in [-0.2, 0) is 17.4 Å². The number of amides is 1. The fourth-order valence-corrected chi connectivity index (χ4v) is 2.36. The van der Waals surface area contributed by atoms with E-state index >= 15 is 0 Å². The van der Waals surface area contributed by atoms with Crippen molar-refractivity contribution in [3.63, 3.8) is 0 Å². The quantitative estimate of drug-likeness (QED) is 0.869. The van der Waals surface area contributed by atoms with Gasteiger partial charge >= 0.3 is 0 Å². The number of hydrogen-bond acceptors (Lipinski definition) is 3. The normalized spacial score (nSPS) is 14.0. The van der Waals surface area contributed by atoms with E-state index in [1.807, 2.05) is 20.9 Å². The first kappa shape index (κ1) is 13.9. The third-order valence-corrected chi connectivity index (χ3v) is 3.54. The lowest BCUT2D eigenvalue weighted by Crippen LogP contribution is -2.42. The smallest absolute Gasteiger partial charge is 0.243 e. The van der Waals surface area contributed by atoms with E-state index in [2.05, 4.69) is 10.1 Å². The Morgan fingerprint density at radius 1 is 1.47 bits per heavy atom. The van der Waals surface area contributed by atoms with Gasteiger partial charge < -0.3 is 5.73 Å². The predicted octanol–water partition coefficient (Wildman–Crippen LogP) is 1.60. The molecule has 1 atom stereocenters. The van der Waals surface area contributed by atoms with E-state index in [0.717, 1.165) is 16.9 Å². The van der Waals surface area contributed by atoms with Crippen LogP contribution in [0, 0.1) is 6.92 Å². The Bertz CT molecular complexity index is 653. The van der Waals surface area contributed by atoms with Crippen LogP contribution in [0.5, 0.6) is 0 Å². The molecule has 2 aromatic rings. The topological polar surface area (TPSA) is 78.7 Å². The van der Waals surface area contributed by atoms with E-state index in [1.54, 1.807) is 23.1 Å². The van der Waals surface area contributed by atoms with Crippen molar-refractivity contribution in [1.29, 1.82) is 0 Å². The van der Waals surface area contributed by atoms with Crippen LogP contribution in [-0.4, -0.2) is 25.2 Å². The molecule has 104 valence electrons.